The van der Waals surface area contributed by atoms with E-state index in [1.54, 1.807) is 20.2 Å². The number of hydrogen-bond donors (Lipinski definition) is 6. The van der Waals surface area contributed by atoms with Crippen molar-refractivity contribution in [1.29, 1.82) is 0 Å². The van der Waals surface area contributed by atoms with Crippen LogP contribution >= 0.6 is 0 Å². The fourth-order valence-corrected chi connectivity index (χ4v) is 6.94. The van der Waals surface area contributed by atoms with E-state index in [2.05, 4.69) is 5.32 Å². The molecule has 1 aromatic heterocycles. The molecule has 1 heterocycles. The molecule has 43 heavy (non-hydrogen) atoms. The molecule has 3 aliphatic carbocycles. The molecular weight excluding hydrogens is 556 g/mol. The third-order valence-electron chi connectivity index (χ3n) is 9.09. The second kappa shape index (κ2) is 10.5. The normalized spacial score (nSPS) is 25.2. The van der Waals surface area contributed by atoms with Crippen LogP contribution in [0.1, 0.15) is 45.0 Å². The highest BCUT2D eigenvalue weighted by atomic mass is 16.4. The summed E-state index contributed by atoms with van der Waals surface area (Å²) >= 11 is 0. The van der Waals surface area contributed by atoms with Crippen LogP contribution in [0.5, 0.6) is 5.75 Å². The largest absolute Gasteiger partial charge is 0.510 e. The first-order chi connectivity index (χ1) is 20.1. The van der Waals surface area contributed by atoms with Gasteiger partial charge in [-0.2, -0.15) is 0 Å². The lowest BCUT2D eigenvalue weighted by molar-refractivity contribution is -0.148. The molecule has 2 aromatic rings. The molecule has 7 N–H and O–H groups in total. The number of likely N-dealkylation sites (N-methyl/N-ethyl adjacent to an activating group) is 1. The number of fused-ring (bicyclic) bond motifs is 3. The Morgan fingerprint density at radius 2 is 1.79 bits per heavy atom. The molecule has 1 unspecified atom stereocenters. The van der Waals surface area contributed by atoms with Crippen molar-refractivity contribution in [2.75, 3.05) is 33.1 Å². The van der Waals surface area contributed by atoms with Gasteiger partial charge in [-0.1, -0.05) is 0 Å². The van der Waals surface area contributed by atoms with Crippen LogP contribution in [0.2, 0.25) is 0 Å². The SMILES string of the molecule is Cc1cc(CNCc2cc(N(C)C)c3c(c2O)C(=O)C2=C(O)[C@]4(O)C(=O)C(C(N)=O)=C(O)C(N(C)C)[C@H]4C[C@H]2C3)oc1C. The number of Topliss-reactive ketones (excluding diaryl/α,β-unsaturated/α-hetero) is 2. The number of furan rings is 1. The van der Waals surface area contributed by atoms with Crippen LogP contribution in [0.3, 0.4) is 0 Å². The Labute approximate surface area is 249 Å². The van der Waals surface area contributed by atoms with Gasteiger partial charge in [0, 0.05) is 43.4 Å². The number of ketones is 2. The molecule has 12 heteroatoms. The second-order valence-electron chi connectivity index (χ2n) is 12.2. The van der Waals surface area contributed by atoms with E-state index in [4.69, 9.17) is 10.2 Å². The summed E-state index contributed by atoms with van der Waals surface area (Å²) in [5, 5.41) is 48.9. The lowest BCUT2D eigenvalue weighted by atomic mass is 9.58. The summed E-state index contributed by atoms with van der Waals surface area (Å²) in [6.07, 6.45) is 0.249. The monoisotopic (exact) mass is 594 g/mol. The fraction of sp³-hybridized carbons (Fsp3) is 0.452. The smallest absolute Gasteiger partial charge is 0.255 e. The molecule has 3 aliphatic rings. The molecule has 0 aliphatic heterocycles. The Kier molecular flexibility index (Phi) is 7.44. The maximum Gasteiger partial charge on any atom is 0.255 e. The minimum absolute atomic E-state index is 0.0199. The number of nitrogens with zero attached hydrogens (tertiary/aromatic N) is 2. The standard InChI is InChI=1S/C31H38N4O8/c1-13-7-17(43-14(13)2)12-33-11-16-10-20(34(3)4)18-8-15-9-19-24(35(5)6)27(38)23(30(32)41)29(40)31(19,42)28(39)21(15)26(37)22(18)25(16)36/h7,10,15,19,24,33,36,38-39,42H,8-9,11-12H2,1-6H3,(H2,32,41)/t15-,19-,24?,31+/m1/s1. The summed E-state index contributed by atoms with van der Waals surface area (Å²) in [5.74, 6) is -5.17. The lowest BCUT2D eigenvalue weighted by Gasteiger charge is -2.50. The number of nitrogens with two attached hydrogens (primary N) is 1. The third-order valence-corrected chi connectivity index (χ3v) is 9.09. The molecule has 0 radical (unpaired) electrons. The highest BCUT2D eigenvalue weighted by molar-refractivity contribution is 6.25. The van der Waals surface area contributed by atoms with Gasteiger partial charge in [-0.15, -0.1) is 0 Å². The van der Waals surface area contributed by atoms with E-state index in [9.17, 15) is 34.8 Å². The molecule has 1 amide bonds. The molecule has 230 valence electrons. The van der Waals surface area contributed by atoms with E-state index in [0.29, 0.717) is 23.4 Å². The number of allylic oxidation sites excluding steroid dienone is 1. The van der Waals surface area contributed by atoms with Crippen LogP contribution in [-0.2, 0) is 29.1 Å². The first-order valence-electron chi connectivity index (χ1n) is 14.1. The number of primary amides is 1. The summed E-state index contributed by atoms with van der Waals surface area (Å²) in [6.45, 7) is 4.40. The van der Waals surface area contributed by atoms with E-state index < -0.39 is 58.0 Å². The van der Waals surface area contributed by atoms with Gasteiger partial charge in [-0.05, 0) is 70.0 Å². The van der Waals surface area contributed by atoms with Crippen LogP contribution in [0.15, 0.2) is 39.2 Å². The summed E-state index contributed by atoms with van der Waals surface area (Å²) < 4.78 is 5.71. The van der Waals surface area contributed by atoms with E-state index in [0.717, 1.165) is 17.1 Å². The maximum atomic E-state index is 14.1. The highest BCUT2D eigenvalue weighted by Crippen LogP contribution is 2.53. The van der Waals surface area contributed by atoms with Crippen molar-refractivity contribution in [2.45, 2.75) is 51.4 Å². The Hall–Kier alpha value is -4.13. The van der Waals surface area contributed by atoms with Gasteiger partial charge in [0.25, 0.3) is 5.91 Å². The zero-order valence-electron chi connectivity index (χ0n) is 25.1. The zero-order chi connectivity index (χ0) is 31.7. The Morgan fingerprint density at radius 3 is 2.35 bits per heavy atom. The molecular formula is C31H38N4O8. The van der Waals surface area contributed by atoms with Crippen LogP contribution in [0, 0.1) is 25.7 Å². The van der Waals surface area contributed by atoms with Crippen LogP contribution < -0.4 is 16.0 Å². The number of aromatic hydroxyl groups is 1. The van der Waals surface area contributed by atoms with Crippen molar-refractivity contribution in [1.82, 2.24) is 10.2 Å². The molecule has 5 rings (SSSR count). The number of benzene rings is 1. The lowest BCUT2D eigenvalue weighted by Crippen LogP contribution is -2.63. The Morgan fingerprint density at radius 1 is 1.12 bits per heavy atom. The number of phenols is 1. The van der Waals surface area contributed by atoms with Crippen LogP contribution in [0.25, 0.3) is 0 Å². The molecule has 4 atom stereocenters. The average molecular weight is 595 g/mol. The number of aryl methyl sites for hydroxylation is 2. The Balaban J connectivity index is 1.60. The third kappa shape index (κ3) is 4.52. The van der Waals surface area contributed by atoms with E-state index >= 15 is 0 Å². The average Bonchev–Trinajstić information content (AvgIpc) is 3.23. The van der Waals surface area contributed by atoms with E-state index in [1.165, 1.54) is 4.90 Å². The zero-order valence-corrected chi connectivity index (χ0v) is 25.1. The number of anilines is 1. The molecule has 1 aromatic carbocycles. The number of aliphatic hydroxyl groups is 3. The van der Waals surface area contributed by atoms with Gasteiger partial charge in [-0.25, -0.2) is 0 Å². The second-order valence-corrected chi connectivity index (χ2v) is 12.2. The van der Waals surface area contributed by atoms with Gasteiger partial charge in [0.15, 0.2) is 11.4 Å². The quantitative estimate of drug-likeness (QED) is 0.256. The van der Waals surface area contributed by atoms with E-state index in [1.807, 2.05) is 38.9 Å². The first kappa shape index (κ1) is 30.3. The van der Waals surface area contributed by atoms with Crippen molar-refractivity contribution < 1.29 is 39.2 Å². The molecule has 0 fully saturated rings. The number of amides is 1. The summed E-state index contributed by atoms with van der Waals surface area (Å²) in [7, 11) is 6.83. The fourth-order valence-electron chi connectivity index (χ4n) is 6.94. The van der Waals surface area contributed by atoms with Gasteiger partial charge in [0.1, 0.15) is 34.4 Å². The summed E-state index contributed by atoms with van der Waals surface area (Å²) in [5.41, 5.74) is 4.42. The molecule has 0 saturated heterocycles. The van der Waals surface area contributed by atoms with Gasteiger partial charge in [-0.3, -0.25) is 19.3 Å². The predicted molar refractivity (Wildman–Crippen MR) is 157 cm³/mol. The number of carbonyl (C=O) groups is 3. The minimum atomic E-state index is -2.68. The summed E-state index contributed by atoms with van der Waals surface area (Å²) in [4.78, 5) is 43.2. The van der Waals surface area contributed by atoms with E-state index in [-0.39, 0.29) is 36.3 Å². The number of rotatable bonds is 7. The number of nitrogens with one attached hydrogen (secondary N) is 1. The van der Waals surface area contributed by atoms with Gasteiger partial charge in [0.05, 0.1) is 18.2 Å². The maximum absolute atomic E-state index is 14.1. The molecule has 12 nitrogen and oxygen atoms in total. The van der Waals surface area contributed by atoms with Gasteiger partial charge in [0.2, 0.25) is 5.78 Å². The van der Waals surface area contributed by atoms with Crippen molar-refractivity contribution in [2.24, 2.45) is 17.6 Å². The van der Waals surface area contributed by atoms with Crippen molar-refractivity contribution >= 4 is 23.2 Å². The van der Waals surface area contributed by atoms with Gasteiger partial charge >= 0.3 is 0 Å². The van der Waals surface area contributed by atoms with Crippen molar-refractivity contribution in [3.8, 4) is 5.75 Å². The van der Waals surface area contributed by atoms with Crippen LogP contribution in [-0.4, -0.2) is 82.6 Å². The topological polar surface area (TPSA) is 190 Å². The predicted octanol–water partition coefficient (Wildman–Crippen LogP) is 1.69. The first-order valence-corrected chi connectivity index (χ1v) is 14.1. The van der Waals surface area contributed by atoms with Crippen molar-refractivity contribution in [3.63, 3.8) is 0 Å². The number of carbonyl (C=O) groups excluding carboxylic acids is 3. The number of aliphatic hydroxyl groups excluding tert-OH is 2. The molecule has 0 spiro atoms. The van der Waals surface area contributed by atoms with Crippen LogP contribution in [0.4, 0.5) is 5.69 Å². The highest BCUT2D eigenvalue weighted by Gasteiger charge is 2.63. The van der Waals surface area contributed by atoms with Crippen molar-refractivity contribution in [3.05, 3.63) is 68.6 Å². The Bertz CT molecular complexity index is 1600. The molecule has 0 saturated carbocycles. The van der Waals surface area contributed by atoms with Gasteiger partial charge < -0.3 is 40.8 Å². The summed E-state index contributed by atoms with van der Waals surface area (Å²) in [6, 6.07) is 2.69. The molecule has 0 bridgehead atoms. The minimum Gasteiger partial charge on any atom is -0.510 e. The number of hydrogen-bond acceptors (Lipinski definition) is 11. The number of phenolic OH excluding ortho intramolecular Hbond substituents is 1.